The Morgan fingerprint density at radius 2 is 2.13 bits per heavy atom. The predicted octanol–water partition coefficient (Wildman–Crippen LogP) is 2.61. The summed E-state index contributed by atoms with van der Waals surface area (Å²) in [7, 11) is 0. The van der Waals surface area contributed by atoms with E-state index >= 15 is 0 Å². The van der Waals surface area contributed by atoms with Gasteiger partial charge in [0.15, 0.2) is 0 Å². The normalized spacial score (nSPS) is 23.4. The lowest BCUT2D eigenvalue weighted by Gasteiger charge is -2.16. The summed E-state index contributed by atoms with van der Waals surface area (Å²) in [5, 5.41) is 14.3. The molecule has 0 unspecified atom stereocenters. The summed E-state index contributed by atoms with van der Waals surface area (Å²) >= 11 is 0. The van der Waals surface area contributed by atoms with Crippen molar-refractivity contribution in [2.45, 2.75) is 31.4 Å². The number of nitrogen functional groups attached to an aromatic ring is 1. The summed E-state index contributed by atoms with van der Waals surface area (Å²) in [4.78, 5) is 8.71. The number of hydrogen-bond acceptors (Lipinski definition) is 5. The van der Waals surface area contributed by atoms with E-state index in [4.69, 9.17) is 5.73 Å². The molecule has 0 amide bonds. The fraction of sp³-hybridized carbons (Fsp3) is 0.333. The first-order valence-corrected chi connectivity index (χ1v) is 8.03. The number of nitrogens with one attached hydrogen (secondary N) is 1. The smallest absolute Gasteiger partial charge is 0.126 e. The van der Waals surface area contributed by atoms with Gasteiger partial charge in [-0.25, -0.2) is 4.98 Å². The number of anilines is 2. The first kappa shape index (κ1) is 14.2. The molecule has 2 aliphatic rings. The Morgan fingerprint density at radius 1 is 1.22 bits per heavy atom. The van der Waals surface area contributed by atoms with Crippen LogP contribution in [0.3, 0.4) is 0 Å². The van der Waals surface area contributed by atoms with E-state index in [1.165, 1.54) is 5.57 Å². The highest BCUT2D eigenvalue weighted by Gasteiger charge is 2.23. The highest BCUT2D eigenvalue weighted by atomic mass is 16.3. The lowest BCUT2D eigenvalue weighted by Crippen LogP contribution is -2.17. The van der Waals surface area contributed by atoms with Crippen molar-refractivity contribution in [1.82, 2.24) is 4.98 Å². The standard InChI is InChI=1S/C18H20N4O/c19-18-9-17(21-13-2-3-14(23)8-13)15-4-1-11(7-16(15)22-18)12-5-6-20-10-12/h1,4-7,9,13-14,23H,2-3,8,10H2,(H3,19,21,22)/t13-,14-/m0/s1. The highest BCUT2D eigenvalue weighted by molar-refractivity contribution is 5.97. The summed E-state index contributed by atoms with van der Waals surface area (Å²) in [6, 6.07) is 8.44. The molecule has 1 saturated carbocycles. The fourth-order valence-electron chi connectivity index (χ4n) is 3.41. The van der Waals surface area contributed by atoms with Crippen molar-refractivity contribution in [3.05, 3.63) is 35.9 Å². The number of hydrogen-bond donors (Lipinski definition) is 3. The highest BCUT2D eigenvalue weighted by Crippen LogP contribution is 2.31. The molecular formula is C18H20N4O. The van der Waals surface area contributed by atoms with Gasteiger partial charge in [-0.3, -0.25) is 4.99 Å². The van der Waals surface area contributed by atoms with Gasteiger partial charge in [-0.2, -0.15) is 0 Å². The van der Waals surface area contributed by atoms with Crippen LogP contribution in [0.25, 0.3) is 16.5 Å². The van der Waals surface area contributed by atoms with Gasteiger partial charge in [-0.1, -0.05) is 12.1 Å². The van der Waals surface area contributed by atoms with Crippen LogP contribution >= 0.6 is 0 Å². The molecular weight excluding hydrogens is 288 g/mol. The maximum absolute atomic E-state index is 9.71. The summed E-state index contributed by atoms with van der Waals surface area (Å²) in [5.41, 5.74) is 10.2. The van der Waals surface area contributed by atoms with Gasteiger partial charge in [0, 0.05) is 29.4 Å². The van der Waals surface area contributed by atoms with E-state index in [-0.39, 0.29) is 6.10 Å². The fourth-order valence-corrected chi connectivity index (χ4v) is 3.41. The van der Waals surface area contributed by atoms with E-state index < -0.39 is 0 Å². The molecule has 2 heterocycles. The lowest BCUT2D eigenvalue weighted by atomic mass is 10.0. The summed E-state index contributed by atoms with van der Waals surface area (Å²) in [6.07, 6.45) is 6.30. The van der Waals surface area contributed by atoms with Crippen LogP contribution in [-0.4, -0.2) is 35.0 Å². The number of aliphatic hydroxyl groups is 1. The number of nitrogens with zero attached hydrogens (tertiary/aromatic N) is 2. The largest absolute Gasteiger partial charge is 0.393 e. The second kappa shape index (κ2) is 5.66. The molecule has 2 atom stereocenters. The molecule has 0 radical (unpaired) electrons. The molecule has 5 nitrogen and oxygen atoms in total. The van der Waals surface area contributed by atoms with Crippen LogP contribution in [0.4, 0.5) is 11.5 Å². The second-order valence-corrected chi connectivity index (χ2v) is 6.32. The zero-order valence-electron chi connectivity index (χ0n) is 12.9. The van der Waals surface area contributed by atoms with Crippen molar-refractivity contribution >= 4 is 34.2 Å². The van der Waals surface area contributed by atoms with Gasteiger partial charge in [0.05, 0.1) is 18.2 Å². The average molecular weight is 308 g/mol. The molecule has 1 aliphatic carbocycles. The zero-order valence-corrected chi connectivity index (χ0v) is 12.9. The van der Waals surface area contributed by atoms with Crippen molar-refractivity contribution < 1.29 is 5.11 Å². The molecule has 1 aromatic heterocycles. The Morgan fingerprint density at radius 3 is 2.87 bits per heavy atom. The van der Waals surface area contributed by atoms with Crippen LogP contribution in [-0.2, 0) is 0 Å². The molecule has 4 N–H and O–H groups in total. The molecule has 1 fully saturated rings. The number of aromatic nitrogens is 1. The lowest BCUT2D eigenvalue weighted by molar-refractivity contribution is 0.182. The third-order valence-electron chi connectivity index (χ3n) is 4.61. The predicted molar refractivity (Wildman–Crippen MR) is 94.8 cm³/mol. The number of fused-ring (bicyclic) bond motifs is 1. The Hall–Kier alpha value is -2.40. The van der Waals surface area contributed by atoms with Crippen molar-refractivity contribution in [3.8, 4) is 0 Å². The second-order valence-electron chi connectivity index (χ2n) is 6.32. The molecule has 0 saturated heterocycles. The van der Waals surface area contributed by atoms with E-state index in [9.17, 15) is 5.11 Å². The topological polar surface area (TPSA) is 83.5 Å². The van der Waals surface area contributed by atoms with Crippen LogP contribution in [0.2, 0.25) is 0 Å². The van der Waals surface area contributed by atoms with Gasteiger partial charge in [0.1, 0.15) is 5.82 Å². The number of allylic oxidation sites excluding steroid dienone is 1. The van der Waals surface area contributed by atoms with E-state index in [2.05, 4.69) is 33.5 Å². The van der Waals surface area contributed by atoms with Gasteiger partial charge < -0.3 is 16.2 Å². The van der Waals surface area contributed by atoms with Crippen molar-refractivity contribution in [2.24, 2.45) is 4.99 Å². The first-order chi connectivity index (χ1) is 11.2. The van der Waals surface area contributed by atoms with Crippen LogP contribution < -0.4 is 11.1 Å². The Bertz CT molecular complexity index is 812. The third-order valence-corrected chi connectivity index (χ3v) is 4.61. The van der Waals surface area contributed by atoms with Gasteiger partial charge in [-0.15, -0.1) is 0 Å². The average Bonchev–Trinajstić information content (AvgIpc) is 3.18. The van der Waals surface area contributed by atoms with Crippen molar-refractivity contribution in [3.63, 3.8) is 0 Å². The maximum Gasteiger partial charge on any atom is 0.126 e. The summed E-state index contributed by atoms with van der Waals surface area (Å²) in [6.45, 7) is 0.721. The van der Waals surface area contributed by atoms with Crippen molar-refractivity contribution in [2.75, 3.05) is 17.6 Å². The van der Waals surface area contributed by atoms with E-state index in [1.54, 1.807) is 0 Å². The molecule has 0 bridgehead atoms. The molecule has 4 rings (SSSR count). The van der Waals surface area contributed by atoms with Gasteiger partial charge >= 0.3 is 0 Å². The number of nitrogens with two attached hydrogens (primary N) is 1. The van der Waals surface area contributed by atoms with Gasteiger partial charge in [0.2, 0.25) is 0 Å². The monoisotopic (exact) mass is 308 g/mol. The maximum atomic E-state index is 9.71. The molecule has 118 valence electrons. The molecule has 1 aliphatic heterocycles. The molecule has 2 aromatic rings. The molecule has 1 aromatic carbocycles. The zero-order chi connectivity index (χ0) is 15.8. The summed E-state index contributed by atoms with van der Waals surface area (Å²) < 4.78 is 0. The third kappa shape index (κ3) is 2.80. The minimum Gasteiger partial charge on any atom is -0.393 e. The Balaban J connectivity index is 1.70. The SMILES string of the molecule is Nc1cc(N[C@H]2CC[C@H](O)C2)c2ccc(C3=CC=NC3)cc2n1. The quantitative estimate of drug-likeness (QED) is 0.814. The van der Waals surface area contributed by atoms with E-state index in [0.717, 1.165) is 48.0 Å². The van der Waals surface area contributed by atoms with Crippen LogP contribution in [0.15, 0.2) is 35.3 Å². The Kier molecular flexibility index (Phi) is 3.50. The summed E-state index contributed by atoms with van der Waals surface area (Å²) in [5.74, 6) is 0.507. The minimum atomic E-state index is -0.196. The molecule has 23 heavy (non-hydrogen) atoms. The minimum absolute atomic E-state index is 0.196. The van der Waals surface area contributed by atoms with Crippen LogP contribution in [0.5, 0.6) is 0 Å². The van der Waals surface area contributed by atoms with E-state index in [0.29, 0.717) is 11.9 Å². The van der Waals surface area contributed by atoms with E-state index in [1.807, 2.05) is 18.4 Å². The number of rotatable bonds is 3. The molecule has 5 heteroatoms. The molecule has 0 spiro atoms. The number of benzene rings is 1. The number of aliphatic hydroxyl groups excluding tert-OH is 1. The first-order valence-electron chi connectivity index (χ1n) is 8.03. The number of aliphatic imine (C=N–C) groups is 1. The van der Waals surface area contributed by atoms with Crippen LogP contribution in [0.1, 0.15) is 24.8 Å². The van der Waals surface area contributed by atoms with Gasteiger partial charge in [0.25, 0.3) is 0 Å². The van der Waals surface area contributed by atoms with Crippen molar-refractivity contribution in [1.29, 1.82) is 0 Å². The van der Waals surface area contributed by atoms with Gasteiger partial charge in [-0.05, 0) is 42.5 Å². The Labute approximate surface area is 134 Å². The number of pyridine rings is 1. The van der Waals surface area contributed by atoms with Crippen LogP contribution in [0, 0.1) is 0 Å².